The molecule has 0 spiro atoms. The maximum absolute atomic E-state index is 3.98. The fourth-order valence-electron chi connectivity index (χ4n) is 2.62. The Morgan fingerprint density at radius 1 is 0.700 bits per heavy atom. The Bertz CT molecular complexity index is 200. The van der Waals surface area contributed by atoms with Crippen molar-refractivity contribution in [2.45, 2.75) is 91.4 Å². The summed E-state index contributed by atoms with van der Waals surface area (Å²) in [5, 5.41) is 0. The molecule has 0 saturated heterocycles. The first-order valence-corrected chi connectivity index (χ1v) is 9.07. The van der Waals surface area contributed by atoms with Gasteiger partial charge >= 0.3 is 0 Å². The Kier molecular flexibility index (Phi) is 14.9. The van der Waals surface area contributed by atoms with Crippen LogP contribution in [0.3, 0.4) is 0 Å². The number of allylic oxidation sites excluding steroid dienone is 1. The summed E-state index contributed by atoms with van der Waals surface area (Å²) in [5.41, 5.74) is 1.34. The SMILES string of the molecule is C=C(C)CCCCCCN(CCCCC)CCCCC. The molecule has 0 saturated carbocycles. The summed E-state index contributed by atoms with van der Waals surface area (Å²) in [6.07, 6.45) is 14.9. The van der Waals surface area contributed by atoms with E-state index in [1.165, 1.54) is 95.8 Å². The molecule has 0 fully saturated rings. The highest BCUT2D eigenvalue weighted by Crippen LogP contribution is 2.10. The Labute approximate surface area is 128 Å². The van der Waals surface area contributed by atoms with Gasteiger partial charge in [-0.05, 0) is 58.7 Å². The van der Waals surface area contributed by atoms with Gasteiger partial charge in [-0.25, -0.2) is 0 Å². The van der Waals surface area contributed by atoms with Crippen molar-refractivity contribution in [3.8, 4) is 0 Å². The van der Waals surface area contributed by atoms with Gasteiger partial charge in [-0.15, -0.1) is 6.58 Å². The molecule has 0 aliphatic carbocycles. The molecule has 120 valence electrons. The molecule has 0 bridgehead atoms. The van der Waals surface area contributed by atoms with Crippen LogP contribution in [0.15, 0.2) is 12.2 Å². The largest absolute Gasteiger partial charge is 0.303 e. The molecule has 0 atom stereocenters. The Balaban J connectivity index is 3.63. The van der Waals surface area contributed by atoms with Crippen LogP contribution in [0.2, 0.25) is 0 Å². The minimum Gasteiger partial charge on any atom is -0.303 e. The summed E-state index contributed by atoms with van der Waals surface area (Å²) in [7, 11) is 0. The van der Waals surface area contributed by atoms with Crippen LogP contribution in [0, 0.1) is 0 Å². The molecule has 20 heavy (non-hydrogen) atoms. The third-order valence-electron chi connectivity index (χ3n) is 3.98. The summed E-state index contributed by atoms with van der Waals surface area (Å²) >= 11 is 0. The molecule has 0 unspecified atom stereocenters. The number of nitrogens with zero attached hydrogens (tertiary/aromatic N) is 1. The summed E-state index contributed by atoms with van der Waals surface area (Å²) in [6.45, 7) is 14.7. The fraction of sp³-hybridized carbons (Fsp3) is 0.895. The van der Waals surface area contributed by atoms with E-state index in [9.17, 15) is 0 Å². The van der Waals surface area contributed by atoms with Gasteiger partial charge in [-0.2, -0.15) is 0 Å². The Hall–Kier alpha value is -0.300. The lowest BCUT2D eigenvalue weighted by atomic mass is 10.1. The molecule has 0 amide bonds. The molecule has 0 aromatic carbocycles. The van der Waals surface area contributed by atoms with Crippen molar-refractivity contribution in [1.29, 1.82) is 0 Å². The lowest BCUT2D eigenvalue weighted by molar-refractivity contribution is 0.256. The quantitative estimate of drug-likeness (QED) is 0.255. The average Bonchev–Trinajstić information content (AvgIpc) is 2.42. The molecule has 0 N–H and O–H groups in total. The van der Waals surface area contributed by atoms with Crippen LogP contribution < -0.4 is 0 Å². The zero-order valence-electron chi connectivity index (χ0n) is 14.6. The molecule has 1 nitrogen and oxygen atoms in total. The molecule has 1 heteroatoms. The van der Waals surface area contributed by atoms with Gasteiger partial charge in [-0.1, -0.05) is 57.9 Å². The van der Waals surface area contributed by atoms with Crippen LogP contribution in [0.5, 0.6) is 0 Å². The van der Waals surface area contributed by atoms with E-state index in [1.807, 2.05) is 0 Å². The number of unbranched alkanes of at least 4 members (excludes halogenated alkanes) is 7. The molecule has 0 rings (SSSR count). The van der Waals surface area contributed by atoms with Crippen LogP contribution >= 0.6 is 0 Å². The predicted molar refractivity (Wildman–Crippen MR) is 93.4 cm³/mol. The number of hydrogen-bond donors (Lipinski definition) is 0. The van der Waals surface area contributed by atoms with Crippen LogP contribution in [-0.2, 0) is 0 Å². The summed E-state index contributed by atoms with van der Waals surface area (Å²) in [4.78, 5) is 2.71. The first-order chi connectivity index (χ1) is 9.70. The molecule has 0 aromatic heterocycles. The minimum absolute atomic E-state index is 1.22. The molecule has 0 heterocycles. The van der Waals surface area contributed by atoms with E-state index < -0.39 is 0 Å². The smallest absolute Gasteiger partial charge is 0.00187 e. The van der Waals surface area contributed by atoms with Gasteiger partial charge in [-0.3, -0.25) is 0 Å². The van der Waals surface area contributed by atoms with E-state index in [4.69, 9.17) is 0 Å². The van der Waals surface area contributed by atoms with Gasteiger partial charge in [0.15, 0.2) is 0 Å². The van der Waals surface area contributed by atoms with E-state index >= 15 is 0 Å². The van der Waals surface area contributed by atoms with Crippen LogP contribution in [0.25, 0.3) is 0 Å². The average molecular weight is 282 g/mol. The van der Waals surface area contributed by atoms with Gasteiger partial charge in [0, 0.05) is 0 Å². The number of rotatable bonds is 15. The zero-order valence-corrected chi connectivity index (χ0v) is 14.6. The van der Waals surface area contributed by atoms with Gasteiger partial charge in [0.1, 0.15) is 0 Å². The Morgan fingerprint density at radius 3 is 1.60 bits per heavy atom. The van der Waals surface area contributed by atoms with Crippen molar-refractivity contribution in [2.75, 3.05) is 19.6 Å². The van der Waals surface area contributed by atoms with Crippen molar-refractivity contribution in [1.82, 2.24) is 4.90 Å². The third-order valence-corrected chi connectivity index (χ3v) is 3.98. The summed E-state index contributed by atoms with van der Waals surface area (Å²) < 4.78 is 0. The topological polar surface area (TPSA) is 3.24 Å². The normalized spacial score (nSPS) is 11.2. The Morgan fingerprint density at radius 2 is 1.15 bits per heavy atom. The number of hydrogen-bond acceptors (Lipinski definition) is 1. The fourth-order valence-corrected chi connectivity index (χ4v) is 2.62. The van der Waals surface area contributed by atoms with Crippen molar-refractivity contribution >= 4 is 0 Å². The second-order valence-corrected chi connectivity index (χ2v) is 6.38. The highest BCUT2D eigenvalue weighted by Gasteiger charge is 2.04. The summed E-state index contributed by atoms with van der Waals surface area (Å²) in [5.74, 6) is 0. The highest BCUT2D eigenvalue weighted by atomic mass is 15.1. The molecule has 0 aliphatic heterocycles. The maximum Gasteiger partial charge on any atom is -0.00187 e. The first kappa shape index (κ1) is 19.7. The second-order valence-electron chi connectivity index (χ2n) is 6.38. The van der Waals surface area contributed by atoms with Gasteiger partial charge < -0.3 is 4.90 Å². The van der Waals surface area contributed by atoms with Gasteiger partial charge in [0.05, 0.1) is 0 Å². The molecular formula is C19H39N. The van der Waals surface area contributed by atoms with Crippen molar-refractivity contribution in [3.63, 3.8) is 0 Å². The van der Waals surface area contributed by atoms with Crippen LogP contribution in [-0.4, -0.2) is 24.5 Å². The van der Waals surface area contributed by atoms with Gasteiger partial charge in [0.2, 0.25) is 0 Å². The van der Waals surface area contributed by atoms with Crippen molar-refractivity contribution in [3.05, 3.63) is 12.2 Å². The standard InChI is InChI=1S/C19H39N/c1-5-7-12-16-20(17-13-8-6-2)18-14-10-9-11-15-19(3)4/h3,5-18H2,1-2,4H3. The van der Waals surface area contributed by atoms with Crippen LogP contribution in [0.1, 0.15) is 91.4 Å². The molecule has 0 aliphatic rings. The highest BCUT2D eigenvalue weighted by molar-refractivity contribution is 4.86. The predicted octanol–water partition coefficient (Wildman–Crippen LogP) is 6.20. The van der Waals surface area contributed by atoms with Crippen LogP contribution in [0.4, 0.5) is 0 Å². The van der Waals surface area contributed by atoms with Crippen molar-refractivity contribution in [2.24, 2.45) is 0 Å². The second kappa shape index (κ2) is 15.1. The van der Waals surface area contributed by atoms with Crippen molar-refractivity contribution < 1.29 is 0 Å². The van der Waals surface area contributed by atoms with E-state index in [0.717, 1.165) is 0 Å². The lowest BCUT2D eigenvalue weighted by Gasteiger charge is -2.22. The molecule has 0 aromatic rings. The van der Waals surface area contributed by atoms with E-state index in [-0.39, 0.29) is 0 Å². The minimum atomic E-state index is 1.22. The molecule has 0 radical (unpaired) electrons. The maximum atomic E-state index is 3.98. The van der Waals surface area contributed by atoms with Gasteiger partial charge in [0.25, 0.3) is 0 Å². The summed E-state index contributed by atoms with van der Waals surface area (Å²) in [6, 6.07) is 0. The third kappa shape index (κ3) is 14.1. The zero-order chi connectivity index (χ0) is 15.1. The molecular weight excluding hydrogens is 242 g/mol. The first-order valence-electron chi connectivity index (χ1n) is 9.07. The lowest BCUT2D eigenvalue weighted by Crippen LogP contribution is -2.27. The monoisotopic (exact) mass is 281 g/mol. The van der Waals surface area contributed by atoms with E-state index in [2.05, 4.69) is 32.3 Å². The van der Waals surface area contributed by atoms with E-state index in [1.54, 1.807) is 0 Å². The van der Waals surface area contributed by atoms with E-state index in [0.29, 0.717) is 0 Å².